The maximum Gasteiger partial charge on any atom is 0.139 e. The van der Waals surface area contributed by atoms with Gasteiger partial charge in [0.05, 0.1) is 0 Å². The predicted octanol–water partition coefficient (Wildman–Crippen LogP) is 5.78. The SMILES string of the molecule is Ic1cc(Cc2ccccc2)c2oc3ccccc3c2c1. The molecule has 0 atom stereocenters. The van der Waals surface area contributed by atoms with Gasteiger partial charge in [-0.3, -0.25) is 0 Å². The van der Waals surface area contributed by atoms with Crippen molar-refractivity contribution in [1.82, 2.24) is 0 Å². The second-order valence-corrected chi connectivity index (χ2v) is 6.45. The summed E-state index contributed by atoms with van der Waals surface area (Å²) in [5.41, 5.74) is 4.53. The number of furan rings is 1. The molecule has 0 radical (unpaired) electrons. The third-order valence-corrected chi connectivity index (χ3v) is 4.38. The van der Waals surface area contributed by atoms with Crippen molar-refractivity contribution in [1.29, 1.82) is 0 Å². The molecule has 0 unspecified atom stereocenters. The van der Waals surface area contributed by atoms with Crippen LogP contribution in [0.3, 0.4) is 0 Å². The lowest BCUT2D eigenvalue weighted by atomic mass is 10.0. The van der Waals surface area contributed by atoms with Crippen LogP contribution in [0.5, 0.6) is 0 Å². The largest absolute Gasteiger partial charge is 0.456 e. The molecule has 0 bridgehead atoms. The molecule has 3 aromatic carbocycles. The van der Waals surface area contributed by atoms with Crippen molar-refractivity contribution in [3.63, 3.8) is 0 Å². The van der Waals surface area contributed by atoms with Crippen molar-refractivity contribution in [3.8, 4) is 0 Å². The fourth-order valence-electron chi connectivity index (χ4n) is 2.81. The van der Waals surface area contributed by atoms with Gasteiger partial charge in [-0.1, -0.05) is 48.5 Å². The number of para-hydroxylation sites is 1. The molecule has 1 heterocycles. The summed E-state index contributed by atoms with van der Waals surface area (Å²) < 4.78 is 7.36. The number of hydrogen-bond donors (Lipinski definition) is 0. The van der Waals surface area contributed by atoms with E-state index in [0.717, 1.165) is 17.6 Å². The molecule has 0 saturated carbocycles. The molecule has 0 aliphatic heterocycles. The Kier molecular flexibility index (Phi) is 3.19. The van der Waals surface area contributed by atoms with Crippen LogP contribution >= 0.6 is 22.6 Å². The number of hydrogen-bond acceptors (Lipinski definition) is 1. The molecule has 1 nitrogen and oxygen atoms in total. The van der Waals surface area contributed by atoms with Gasteiger partial charge in [0.15, 0.2) is 0 Å². The zero-order valence-corrected chi connectivity index (χ0v) is 13.5. The molecule has 102 valence electrons. The molecule has 0 N–H and O–H groups in total. The summed E-state index contributed by atoms with van der Waals surface area (Å²) in [5.74, 6) is 0. The molecule has 0 amide bonds. The maximum absolute atomic E-state index is 6.11. The van der Waals surface area contributed by atoms with E-state index in [1.807, 2.05) is 12.1 Å². The summed E-state index contributed by atoms with van der Waals surface area (Å²) >= 11 is 2.38. The zero-order chi connectivity index (χ0) is 14.2. The van der Waals surface area contributed by atoms with Crippen molar-refractivity contribution in [3.05, 3.63) is 81.4 Å². The maximum atomic E-state index is 6.11. The molecular weight excluding hydrogens is 371 g/mol. The molecule has 0 fully saturated rings. The number of rotatable bonds is 2. The first-order valence-corrected chi connectivity index (χ1v) is 8.03. The Labute approximate surface area is 136 Å². The molecule has 4 aromatic rings. The third kappa shape index (κ3) is 2.33. The second-order valence-electron chi connectivity index (χ2n) is 5.20. The van der Waals surface area contributed by atoms with Gasteiger partial charge >= 0.3 is 0 Å². The van der Waals surface area contributed by atoms with Crippen LogP contribution in [-0.4, -0.2) is 0 Å². The van der Waals surface area contributed by atoms with Crippen molar-refractivity contribution in [2.24, 2.45) is 0 Å². The smallest absolute Gasteiger partial charge is 0.139 e. The van der Waals surface area contributed by atoms with Gasteiger partial charge in [-0.15, -0.1) is 0 Å². The van der Waals surface area contributed by atoms with Gasteiger partial charge in [0, 0.05) is 26.3 Å². The van der Waals surface area contributed by atoms with Crippen LogP contribution in [0.25, 0.3) is 21.9 Å². The molecule has 21 heavy (non-hydrogen) atoms. The highest BCUT2D eigenvalue weighted by Gasteiger charge is 2.12. The second kappa shape index (κ2) is 5.19. The normalized spacial score (nSPS) is 11.3. The van der Waals surface area contributed by atoms with E-state index >= 15 is 0 Å². The zero-order valence-electron chi connectivity index (χ0n) is 11.3. The average molecular weight is 384 g/mol. The van der Waals surface area contributed by atoms with Crippen molar-refractivity contribution in [2.45, 2.75) is 6.42 Å². The number of halogens is 1. The molecule has 0 aliphatic rings. The molecular formula is C19H13IO. The Balaban J connectivity index is 1.96. The minimum atomic E-state index is 0.897. The summed E-state index contributed by atoms with van der Waals surface area (Å²) in [6.07, 6.45) is 0.897. The summed E-state index contributed by atoms with van der Waals surface area (Å²) in [6, 6.07) is 23.2. The van der Waals surface area contributed by atoms with E-state index in [1.54, 1.807) is 0 Å². The van der Waals surface area contributed by atoms with E-state index in [9.17, 15) is 0 Å². The Hall–Kier alpha value is -1.81. The first-order chi connectivity index (χ1) is 10.3. The van der Waals surface area contributed by atoms with Crippen LogP contribution in [0.2, 0.25) is 0 Å². The minimum absolute atomic E-state index is 0.897. The molecule has 1 aromatic heterocycles. The van der Waals surface area contributed by atoms with Gasteiger partial charge in [0.1, 0.15) is 11.2 Å². The third-order valence-electron chi connectivity index (χ3n) is 3.76. The monoisotopic (exact) mass is 384 g/mol. The lowest BCUT2D eigenvalue weighted by Gasteiger charge is -2.04. The van der Waals surface area contributed by atoms with Gasteiger partial charge in [-0.2, -0.15) is 0 Å². The van der Waals surface area contributed by atoms with Gasteiger partial charge < -0.3 is 4.42 Å². The number of benzene rings is 3. The van der Waals surface area contributed by atoms with Crippen LogP contribution < -0.4 is 0 Å². The van der Waals surface area contributed by atoms with Gasteiger partial charge in [0.25, 0.3) is 0 Å². The van der Waals surface area contributed by atoms with Crippen LogP contribution in [-0.2, 0) is 6.42 Å². The summed E-state index contributed by atoms with van der Waals surface area (Å²) in [6.45, 7) is 0. The van der Waals surface area contributed by atoms with Crippen LogP contribution in [0.15, 0.2) is 71.1 Å². The average Bonchev–Trinajstić information content (AvgIpc) is 2.87. The molecule has 2 heteroatoms. The summed E-state index contributed by atoms with van der Waals surface area (Å²) in [4.78, 5) is 0. The fourth-order valence-corrected chi connectivity index (χ4v) is 3.49. The topological polar surface area (TPSA) is 13.1 Å². The molecule has 0 saturated heterocycles. The van der Waals surface area contributed by atoms with Crippen molar-refractivity contribution in [2.75, 3.05) is 0 Å². The van der Waals surface area contributed by atoms with Crippen molar-refractivity contribution < 1.29 is 4.42 Å². The van der Waals surface area contributed by atoms with Crippen LogP contribution in [0.1, 0.15) is 11.1 Å². The van der Waals surface area contributed by atoms with Gasteiger partial charge in [0.2, 0.25) is 0 Å². The fraction of sp³-hybridized carbons (Fsp3) is 0.0526. The lowest BCUT2D eigenvalue weighted by molar-refractivity contribution is 0.664. The Morgan fingerprint density at radius 3 is 2.43 bits per heavy atom. The predicted molar refractivity (Wildman–Crippen MR) is 95.7 cm³/mol. The highest BCUT2D eigenvalue weighted by molar-refractivity contribution is 14.1. The Bertz CT molecular complexity index is 922. The number of fused-ring (bicyclic) bond motifs is 3. The minimum Gasteiger partial charge on any atom is -0.456 e. The van der Waals surface area contributed by atoms with E-state index in [4.69, 9.17) is 4.42 Å². The van der Waals surface area contributed by atoms with E-state index < -0.39 is 0 Å². The van der Waals surface area contributed by atoms with Crippen LogP contribution in [0, 0.1) is 3.57 Å². The lowest BCUT2D eigenvalue weighted by Crippen LogP contribution is -1.89. The van der Waals surface area contributed by atoms with Gasteiger partial charge in [-0.25, -0.2) is 0 Å². The molecule has 4 rings (SSSR count). The quantitative estimate of drug-likeness (QED) is 0.399. The van der Waals surface area contributed by atoms with E-state index in [0.29, 0.717) is 0 Å². The highest BCUT2D eigenvalue weighted by atomic mass is 127. The highest BCUT2D eigenvalue weighted by Crippen LogP contribution is 2.33. The van der Waals surface area contributed by atoms with Gasteiger partial charge in [-0.05, 0) is 46.4 Å². The van der Waals surface area contributed by atoms with E-state index in [-0.39, 0.29) is 0 Å². The standard InChI is InChI=1S/C19H13IO/c20-15-11-14(10-13-6-2-1-3-7-13)19-17(12-15)16-8-4-5-9-18(16)21-19/h1-9,11-12H,10H2. The first kappa shape index (κ1) is 12.9. The van der Waals surface area contributed by atoms with Crippen LogP contribution in [0.4, 0.5) is 0 Å². The van der Waals surface area contributed by atoms with Crippen molar-refractivity contribution >= 4 is 44.5 Å². The molecule has 0 spiro atoms. The Morgan fingerprint density at radius 2 is 1.57 bits per heavy atom. The summed E-state index contributed by atoms with van der Waals surface area (Å²) in [5, 5.41) is 2.41. The Morgan fingerprint density at radius 1 is 0.810 bits per heavy atom. The summed E-state index contributed by atoms with van der Waals surface area (Å²) in [7, 11) is 0. The van der Waals surface area contributed by atoms with E-state index in [2.05, 4.69) is 77.2 Å². The molecule has 0 aliphatic carbocycles. The van der Waals surface area contributed by atoms with E-state index in [1.165, 1.54) is 25.5 Å². The first-order valence-electron chi connectivity index (χ1n) is 6.95.